The van der Waals surface area contributed by atoms with Crippen molar-refractivity contribution in [2.45, 2.75) is 158 Å². The van der Waals surface area contributed by atoms with Crippen LogP contribution in [0.1, 0.15) is 170 Å². The second kappa shape index (κ2) is 20.6. The van der Waals surface area contributed by atoms with Gasteiger partial charge in [0.05, 0.1) is 16.7 Å². The lowest BCUT2D eigenvalue weighted by atomic mass is 9.72. The number of hydrogen-bond acceptors (Lipinski definition) is 12. The van der Waals surface area contributed by atoms with Crippen LogP contribution in [0.5, 0.6) is 0 Å². The van der Waals surface area contributed by atoms with Crippen molar-refractivity contribution in [3.63, 3.8) is 0 Å². The van der Waals surface area contributed by atoms with Gasteiger partial charge >= 0.3 is 17.9 Å². The number of carbonyl (C=O) groups excluding carboxylic acids is 3. The van der Waals surface area contributed by atoms with Crippen LogP contribution in [0, 0.1) is 34.0 Å². The Kier molecular flexibility index (Phi) is 15.1. The molecule has 3 fully saturated rings. The predicted molar refractivity (Wildman–Crippen MR) is 261 cm³/mol. The van der Waals surface area contributed by atoms with Crippen LogP contribution in [-0.4, -0.2) is 51.2 Å². The molecule has 0 atom stereocenters. The predicted octanol–water partition coefficient (Wildman–Crippen LogP) is 13.4. The minimum absolute atomic E-state index is 0.0716. The van der Waals surface area contributed by atoms with E-state index >= 15 is 0 Å². The van der Waals surface area contributed by atoms with Crippen molar-refractivity contribution in [2.24, 2.45) is 34.0 Å². The molecule has 0 radical (unpaired) electrons. The zero-order valence-electron chi connectivity index (χ0n) is 40.7. The molecule has 3 N–H and O–H groups in total. The standard InChI is InChI=1S/C54H72N6O6/c1-52(2,3)37-16-28-43(29-17-37)64-46(61)34-10-22-40(23-11-34)55-49-58-50(56-41-24-12-35(13-25-41)47(62)65-44-30-18-38(19-31-44)53(4,5)6)60-51(59-49)57-42-26-14-36(15-27-42)48(63)66-45-32-20-39(21-33-45)54(7,8)9/h10-15,22-27,37-39,43-45H,16-21,28-33H2,1-9H3,(H3,55,56,57,58,59,60). The molecule has 3 aliphatic rings. The van der Waals surface area contributed by atoms with Gasteiger partial charge in [-0.3, -0.25) is 0 Å². The molecule has 0 amide bonds. The molecule has 0 aliphatic heterocycles. The number of carbonyl (C=O) groups is 3. The van der Waals surface area contributed by atoms with E-state index in [1.54, 1.807) is 72.8 Å². The summed E-state index contributed by atoms with van der Waals surface area (Å²) in [5.74, 6) is 1.63. The van der Waals surface area contributed by atoms with Crippen LogP contribution in [0.15, 0.2) is 72.8 Å². The molecule has 0 saturated heterocycles. The molecule has 66 heavy (non-hydrogen) atoms. The first-order valence-electron chi connectivity index (χ1n) is 24.3. The van der Waals surface area contributed by atoms with Crippen molar-refractivity contribution < 1.29 is 28.6 Å². The van der Waals surface area contributed by atoms with Gasteiger partial charge in [-0.2, -0.15) is 15.0 Å². The summed E-state index contributed by atoms with van der Waals surface area (Å²) in [5, 5.41) is 9.76. The molecule has 3 saturated carbocycles. The van der Waals surface area contributed by atoms with Crippen LogP contribution in [0.4, 0.5) is 34.9 Å². The van der Waals surface area contributed by atoms with E-state index in [4.69, 9.17) is 14.2 Å². The molecule has 12 nitrogen and oxygen atoms in total. The van der Waals surface area contributed by atoms with Crippen molar-refractivity contribution >= 4 is 52.8 Å². The van der Waals surface area contributed by atoms with Gasteiger partial charge in [-0.15, -0.1) is 0 Å². The van der Waals surface area contributed by atoms with Crippen molar-refractivity contribution in [2.75, 3.05) is 16.0 Å². The van der Waals surface area contributed by atoms with Gasteiger partial charge in [-0.05, 0) is 184 Å². The summed E-state index contributed by atoms with van der Waals surface area (Å²) in [7, 11) is 0. The fourth-order valence-electron chi connectivity index (χ4n) is 9.80. The number of nitrogens with one attached hydrogen (secondary N) is 3. The second-order valence-electron chi connectivity index (χ2n) is 22.1. The van der Waals surface area contributed by atoms with E-state index in [9.17, 15) is 14.4 Å². The summed E-state index contributed by atoms with van der Waals surface area (Å²) in [6.07, 6.45) is 11.4. The third kappa shape index (κ3) is 13.3. The molecule has 1 heterocycles. The lowest BCUT2D eigenvalue weighted by Crippen LogP contribution is -2.30. The van der Waals surface area contributed by atoms with Crippen LogP contribution >= 0.6 is 0 Å². The molecule has 1 aromatic heterocycles. The molecule has 7 rings (SSSR count). The first-order chi connectivity index (χ1) is 31.2. The number of ether oxygens (including phenoxy) is 3. The fourth-order valence-corrected chi connectivity index (χ4v) is 9.80. The minimum atomic E-state index is -0.330. The molecular weight excluding hydrogens is 829 g/mol. The first-order valence-corrected chi connectivity index (χ1v) is 24.3. The quantitative estimate of drug-likeness (QED) is 0.0916. The molecule has 3 aromatic carbocycles. The van der Waals surface area contributed by atoms with E-state index in [-0.39, 0.29) is 70.3 Å². The zero-order chi connectivity index (χ0) is 47.2. The fraction of sp³-hybridized carbons (Fsp3) is 0.556. The zero-order valence-corrected chi connectivity index (χ0v) is 40.7. The Morgan fingerprint density at radius 1 is 0.379 bits per heavy atom. The van der Waals surface area contributed by atoms with Crippen molar-refractivity contribution in [3.05, 3.63) is 89.5 Å². The van der Waals surface area contributed by atoms with E-state index < -0.39 is 0 Å². The van der Waals surface area contributed by atoms with E-state index in [0.29, 0.717) is 51.5 Å². The van der Waals surface area contributed by atoms with Gasteiger partial charge in [0, 0.05) is 17.1 Å². The molecule has 0 unspecified atom stereocenters. The average molecular weight is 901 g/mol. The molecule has 0 bridgehead atoms. The Balaban J connectivity index is 1.01. The Morgan fingerprint density at radius 3 is 0.788 bits per heavy atom. The summed E-state index contributed by atoms with van der Waals surface area (Å²) >= 11 is 0. The lowest BCUT2D eigenvalue weighted by Gasteiger charge is -2.36. The van der Waals surface area contributed by atoms with E-state index in [2.05, 4.69) is 93.2 Å². The third-order valence-electron chi connectivity index (χ3n) is 14.3. The summed E-state index contributed by atoms with van der Waals surface area (Å²) in [6.45, 7) is 20.5. The van der Waals surface area contributed by atoms with Crippen LogP contribution in [-0.2, 0) is 14.2 Å². The third-order valence-corrected chi connectivity index (χ3v) is 14.3. The number of hydrogen-bond donors (Lipinski definition) is 3. The van der Waals surface area contributed by atoms with Crippen molar-refractivity contribution in [3.8, 4) is 0 Å². The molecule has 4 aromatic rings. The van der Waals surface area contributed by atoms with Gasteiger partial charge < -0.3 is 30.2 Å². The van der Waals surface area contributed by atoms with E-state index in [0.717, 1.165) is 77.0 Å². The maximum absolute atomic E-state index is 13.1. The van der Waals surface area contributed by atoms with Gasteiger partial charge in [0.15, 0.2) is 0 Å². The Morgan fingerprint density at radius 2 is 0.591 bits per heavy atom. The Bertz CT molecular complexity index is 1980. The smallest absolute Gasteiger partial charge is 0.338 e. The van der Waals surface area contributed by atoms with Gasteiger partial charge in [0.2, 0.25) is 17.8 Å². The van der Waals surface area contributed by atoms with E-state index in [1.807, 2.05) is 0 Å². The van der Waals surface area contributed by atoms with Crippen LogP contribution in [0.25, 0.3) is 0 Å². The monoisotopic (exact) mass is 901 g/mol. The SMILES string of the molecule is CC(C)(C)C1CCC(OC(=O)c2ccc(Nc3nc(Nc4ccc(C(=O)OC5CCC(C(C)(C)C)CC5)cc4)nc(Nc4ccc(C(=O)OC5CCC(C(C)(C)C)CC5)cc4)n3)cc2)CC1. The maximum Gasteiger partial charge on any atom is 0.338 e. The Hall–Kier alpha value is -5.52. The second-order valence-corrected chi connectivity index (χ2v) is 22.1. The first kappa shape index (κ1) is 48.4. The number of aromatic nitrogens is 3. The van der Waals surface area contributed by atoms with Crippen molar-refractivity contribution in [1.29, 1.82) is 0 Å². The maximum atomic E-state index is 13.1. The largest absolute Gasteiger partial charge is 0.459 e. The van der Waals surface area contributed by atoms with E-state index in [1.165, 1.54) is 0 Å². The average Bonchev–Trinajstić information content (AvgIpc) is 3.26. The Labute approximate surface area is 392 Å². The summed E-state index contributed by atoms with van der Waals surface area (Å²) in [5.41, 5.74) is 4.15. The summed E-state index contributed by atoms with van der Waals surface area (Å²) in [4.78, 5) is 53.4. The van der Waals surface area contributed by atoms with Crippen LogP contribution in [0.2, 0.25) is 0 Å². The molecule has 12 heteroatoms. The number of anilines is 6. The molecule has 354 valence electrons. The van der Waals surface area contributed by atoms with Gasteiger partial charge in [0.25, 0.3) is 0 Å². The molecular formula is C54H72N6O6. The minimum Gasteiger partial charge on any atom is -0.459 e. The van der Waals surface area contributed by atoms with Gasteiger partial charge in [0.1, 0.15) is 18.3 Å². The highest BCUT2D eigenvalue weighted by atomic mass is 16.6. The number of rotatable bonds is 12. The molecule has 0 spiro atoms. The van der Waals surface area contributed by atoms with Gasteiger partial charge in [-0.1, -0.05) is 62.3 Å². The van der Waals surface area contributed by atoms with Crippen molar-refractivity contribution in [1.82, 2.24) is 15.0 Å². The highest BCUT2D eigenvalue weighted by molar-refractivity contribution is 5.91. The topological polar surface area (TPSA) is 154 Å². The number of nitrogens with zero attached hydrogens (tertiary/aromatic N) is 3. The normalized spacial score (nSPS) is 22.7. The number of esters is 3. The summed E-state index contributed by atoms with van der Waals surface area (Å²) < 4.78 is 17.8. The lowest BCUT2D eigenvalue weighted by molar-refractivity contribution is 0.00837. The van der Waals surface area contributed by atoms with Crippen LogP contribution in [0.3, 0.4) is 0 Å². The van der Waals surface area contributed by atoms with Crippen LogP contribution < -0.4 is 16.0 Å². The summed E-state index contributed by atoms with van der Waals surface area (Å²) in [6, 6.07) is 21.1. The highest BCUT2D eigenvalue weighted by Crippen LogP contribution is 2.41. The molecule has 3 aliphatic carbocycles. The van der Waals surface area contributed by atoms with Gasteiger partial charge in [-0.25, -0.2) is 14.4 Å². The number of benzene rings is 3. The highest BCUT2D eigenvalue weighted by Gasteiger charge is 2.34.